The Morgan fingerprint density at radius 2 is 2.38 bits per heavy atom. The summed E-state index contributed by atoms with van der Waals surface area (Å²) in [5, 5.41) is 0. The molecule has 0 spiro atoms. The lowest BCUT2D eigenvalue weighted by Crippen LogP contribution is -2.31. The van der Waals surface area contributed by atoms with Gasteiger partial charge in [0.05, 0.1) is 6.04 Å². The Labute approximate surface area is 92.6 Å². The van der Waals surface area contributed by atoms with Crippen LogP contribution in [0.2, 0.25) is 0 Å². The Kier molecular flexibility index (Phi) is 5.30. The highest BCUT2D eigenvalue weighted by Gasteiger charge is 2.14. The predicted molar refractivity (Wildman–Crippen MR) is 54.7 cm³/mol. The van der Waals surface area contributed by atoms with Gasteiger partial charge in [0.1, 0.15) is 12.4 Å². The van der Waals surface area contributed by atoms with Crippen LogP contribution in [0.3, 0.4) is 0 Å². The molecule has 1 atom stereocenters. The molecule has 0 aliphatic rings. The molecule has 0 fully saturated rings. The summed E-state index contributed by atoms with van der Waals surface area (Å²) in [6, 6.07) is -0.197. The topological polar surface area (TPSA) is 65.1 Å². The minimum Gasteiger partial charge on any atom is -0.375 e. The number of aryl methyl sites for hydroxylation is 1. The van der Waals surface area contributed by atoms with E-state index >= 15 is 0 Å². The maximum Gasteiger partial charge on any atom is 0.261 e. The summed E-state index contributed by atoms with van der Waals surface area (Å²) in [5.41, 5.74) is 2.58. The zero-order valence-electron chi connectivity index (χ0n) is 9.07. The smallest absolute Gasteiger partial charge is 0.261 e. The summed E-state index contributed by atoms with van der Waals surface area (Å²) in [7, 11) is 1.84. The maximum atomic E-state index is 11.8. The number of hydrogen-bond donors (Lipinski definition) is 2. The number of nitrogens with zero attached hydrogens (tertiary/aromatic N) is 2. The molecule has 92 valence electrons. The molecule has 0 radical (unpaired) electrons. The first-order valence-corrected chi connectivity index (χ1v) is 4.94. The van der Waals surface area contributed by atoms with E-state index in [1.807, 2.05) is 11.6 Å². The summed E-state index contributed by atoms with van der Waals surface area (Å²) in [6.45, 7) is -0.329. The van der Waals surface area contributed by atoms with E-state index in [0.717, 1.165) is 5.82 Å². The molecule has 1 rings (SSSR count). The molecule has 3 N–H and O–H groups in total. The van der Waals surface area contributed by atoms with E-state index < -0.39 is 13.0 Å². The Hall–Kier alpha value is -1.05. The van der Waals surface area contributed by atoms with Crippen LogP contribution in [-0.4, -0.2) is 29.2 Å². The molecule has 16 heavy (non-hydrogen) atoms. The monoisotopic (exact) mass is 234 g/mol. The number of hydrogen-bond acceptors (Lipinski definition) is 4. The minimum absolute atomic E-state index is 0.197. The summed E-state index contributed by atoms with van der Waals surface area (Å²) < 4.78 is 30.2. The second kappa shape index (κ2) is 6.51. The summed E-state index contributed by atoms with van der Waals surface area (Å²) >= 11 is 0. The quantitative estimate of drug-likeness (QED) is 0.412. The minimum atomic E-state index is -2.43. The fourth-order valence-corrected chi connectivity index (χ4v) is 1.37. The maximum absolute atomic E-state index is 11.8. The van der Waals surface area contributed by atoms with E-state index in [0.29, 0.717) is 6.42 Å². The van der Waals surface area contributed by atoms with Gasteiger partial charge in [-0.1, -0.05) is 0 Å². The van der Waals surface area contributed by atoms with E-state index in [1.165, 1.54) is 0 Å². The number of imidazole rings is 1. The first-order valence-electron chi connectivity index (χ1n) is 4.94. The van der Waals surface area contributed by atoms with E-state index in [1.54, 1.807) is 12.4 Å². The fourth-order valence-electron chi connectivity index (χ4n) is 1.37. The van der Waals surface area contributed by atoms with Crippen molar-refractivity contribution >= 4 is 0 Å². The second-order valence-electron chi connectivity index (χ2n) is 3.37. The average Bonchev–Trinajstić information content (AvgIpc) is 2.65. The Balaban J connectivity index is 2.36. The second-order valence-corrected chi connectivity index (χ2v) is 3.37. The van der Waals surface area contributed by atoms with Crippen molar-refractivity contribution in [3.8, 4) is 0 Å². The van der Waals surface area contributed by atoms with E-state index in [-0.39, 0.29) is 12.6 Å². The molecule has 7 heteroatoms. The van der Waals surface area contributed by atoms with Crippen molar-refractivity contribution < 1.29 is 13.5 Å². The number of alkyl halides is 2. The number of halogens is 2. The van der Waals surface area contributed by atoms with Gasteiger partial charge in [-0.05, 0) is 6.42 Å². The first-order chi connectivity index (χ1) is 7.65. The average molecular weight is 234 g/mol. The largest absolute Gasteiger partial charge is 0.375 e. The predicted octanol–water partition coefficient (Wildman–Crippen LogP) is 0.596. The highest BCUT2D eigenvalue weighted by Crippen LogP contribution is 2.12. The molecule has 0 aromatic carbocycles. The molecule has 0 aliphatic heterocycles. The Morgan fingerprint density at radius 1 is 1.62 bits per heavy atom. The van der Waals surface area contributed by atoms with Crippen molar-refractivity contribution in [3.05, 3.63) is 18.2 Å². The van der Waals surface area contributed by atoms with Crippen LogP contribution in [0.1, 0.15) is 18.3 Å². The van der Waals surface area contributed by atoms with Gasteiger partial charge in [-0.2, -0.15) is 0 Å². The van der Waals surface area contributed by atoms with Crippen LogP contribution >= 0.6 is 0 Å². The van der Waals surface area contributed by atoms with Crippen molar-refractivity contribution in [1.29, 1.82) is 0 Å². The normalized spacial score (nSPS) is 13.3. The van der Waals surface area contributed by atoms with Gasteiger partial charge in [0.15, 0.2) is 0 Å². The molecular formula is C9H16F2N4O. The van der Waals surface area contributed by atoms with Gasteiger partial charge in [-0.25, -0.2) is 19.2 Å². The van der Waals surface area contributed by atoms with Crippen molar-refractivity contribution in [2.75, 3.05) is 13.2 Å². The number of ether oxygens (including phenoxy) is 1. The number of nitrogens with one attached hydrogen (secondary N) is 1. The number of rotatable bonds is 7. The van der Waals surface area contributed by atoms with Gasteiger partial charge in [0, 0.05) is 26.0 Å². The molecule has 0 aliphatic carbocycles. The zero-order chi connectivity index (χ0) is 12.0. The van der Waals surface area contributed by atoms with Crippen LogP contribution in [0, 0.1) is 0 Å². The van der Waals surface area contributed by atoms with Gasteiger partial charge in [-0.15, -0.1) is 0 Å². The van der Waals surface area contributed by atoms with Gasteiger partial charge in [-0.3, -0.25) is 5.84 Å². The third kappa shape index (κ3) is 3.84. The van der Waals surface area contributed by atoms with Gasteiger partial charge < -0.3 is 9.30 Å². The molecule has 0 saturated heterocycles. The lowest BCUT2D eigenvalue weighted by Gasteiger charge is -2.15. The molecule has 1 unspecified atom stereocenters. The van der Waals surface area contributed by atoms with Crippen molar-refractivity contribution in [1.82, 2.24) is 15.0 Å². The van der Waals surface area contributed by atoms with Gasteiger partial charge >= 0.3 is 0 Å². The summed E-state index contributed by atoms with van der Waals surface area (Å²) in [6.07, 6.45) is 1.51. The van der Waals surface area contributed by atoms with Gasteiger partial charge in [0.25, 0.3) is 6.43 Å². The van der Waals surface area contributed by atoms with Crippen LogP contribution in [0.25, 0.3) is 0 Å². The number of nitrogens with two attached hydrogens (primary N) is 1. The fraction of sp³-hybridized carbons (Fsp3) is 0.667. The van der Waals surface area contributed by atoms with Crippen LogP contribution in [0.5, 0.6) is 0 Å². The number of aromatic nitrogens is 2. The van der Waals surface area contributed by atoms with Crippen LogP contribution in [0.15, 0.2) is 12.4 Å². The molecule has 1 aromatic rings. The van der Waals surface area contributed by atoms with Crippen LogP contribution in [-0.2, 0) is 11.8 Å². The van der Waals surface area contributed by atoms with E-state index in [4.69, 9.17) is 10.6 Å². The third-order valence-corrected chi connectivity index (χ3v) is 2.17. The first kappa shape index (κ1) is 13.0. The molecule has 1 heterocycles. The van der Waals surface area contributed by atoms with Crippen molar-refractivity contribution in [3.63, 3.8) is 0 Å². The molecule has 0 bridgehead atoms. The SMILES string of the molecule is Cn1ccnc1C(CCOCC(F)F)NN. The zero-order valence-corrected chi connectivity index (χ0v) is 9.07. The lowest BCUT2D eigenvalue weighted by molar-refractivity contribution is 0.0141. The van der Waals surface area contributed by atoms with Gasteiger partial charge in [0.2, 0.25) is 0 Å². The highest BCUT2D eigenvalue weighted by atomic mass is 19.3. The van der Waals surface area contributed by atoms with E-state index in [2.05, 4.69) is 10.4 Å². The number of hydrazine groups is 1. The molecule has 0 amide bonds. The van der Waals surface area contributed by atoms with Crippen LogP contribution in [0.4, 0.5) is 8.78 Å². The summed E-state index contributed by atoms with van der Waals surface area (Å²) in [5.74, 6) is 6.12. The van der Waals surface area contributed by atoms with Crippen molar-refractivity contribution in [2.24, 2.45) is 12.9 Å². The lowest BCUT2D eigenvalue weighted by atomic mass is 10.2. The van der Waals surface area contributed by atoms with Crippen LogP contribution < -0.4 is 11.3 Å². The molecule has 5 nitrogen and oxygen atoms in total. The van der Waals surface area contributed by atoms with E-state index in [9.17, 15) is 8.78 Å². The Morgan fingerprint density at radius 3 is 2.88 bits per heavy atom. The summed E-state index contributed by atoms with van der Waals surface area (Å²) in [4.78, 5) is 4.12. The molecule has 0 saturated carbocycles. The highest BCUT2D eigenvalue weighted by molar-refractivity contribution is 4.97. The molecule has 1 aromatic heterocycles. The standard InChI is InChI=1S/C9H16F2N4O/c1-15-4-3-13-9(15)7(14-12)2-5-16-6-8(10)11/h3-4,7-8,14H,2,5-6,12H2,1H3. The Bertz CT molecular complexity index is 305. The van der Waals surface area contributed by atoms with Crippen molar-refractivity contribution in [2.45, 2.75) is 18.9 Å². The third-order valence-electron chi connectivity index (χ3n) is 2.17. The molecular weight excluding hydrogens is 218 g/mol.